The Labute approximate surface area is 113 Å². The van der Waals surface area contributed by atoms with Crippen LogP contribution in [0.3, 0.4) is 0 Å². The second-order valence-electron chi connectivity index (χ2n) is 3.69. The molecule has 0 bridgehead atoms. The highest BCUT2D eigenvalue weighted by Crippen LogP contribution is 2.31. The largest absolute Gasteiger partial charge is 0.311 e. The van der Waals surface area contributed by atoms with Gasteiger partial charge in [0.05, 0.1) is 5.69 Å². The molecule has 0 N–H and O–H groups in total. The molecule has 0 aliphatic rings. The number of thiazole rings is 1. The zero-order chi connectivity index (χ0) is 12.4. The molecule has 3 rings (SSSR count). The van der Waals surface area contributed by atoms with Crippen LogP contribution in [0.5, 0.6) is 0 Å². The summed E-state index contributed by atoms with van der Waals surface area (Å²) in [6.07, 6.45) is 1.69. The highest BCUT2D eigenvalue weighted by Gasteiger charge is 2.08. The predicted molar refractivity (Wildman–Crippen MR) is 72.7 cm³/mol. The van der Waals surface area contributed by atoms with Crippen LogP contribution in [0.4, 0.5) is 0 Å². The molecule has 0 amide bonds. The Hall–Kier alpha value is -1.66. The lowest BCUT2D eigenvalue weighted by Gasteiger charge is -1.96. The van der Waals surface area contributed by atoms with Gasteiger partial charge in [-0.1, -0.05) is 30.3 Å². The molecular formula is C12H10N4S2. The van der Waals surface area contributed by atoms with E-state index in [-0.39, 0.29) is 0 Å². The molecule has 0 aliphatic carbocycles. The molecule has 0 unspecified atom stereocenters. The summed E-state index contributed by atoms with van der Waals surface area (Å²) in [6.45, 7) is 0. The first kappa shape index (κ1) is 11.4. The van der Waals surface area contributed by atoms with Crippen molar-refractivity contribution in [2.45, 2.75) is 9.50 Å². The molecule has 0 saturated heterocycles. The summed E-state index contributed by atoms with van der Waals surface area (Å²) in [5.41, 5.74) is 2.14. The van der Waals surface area contributed by atoms with E-state index in [9.17, 15) is 0 Å². The van der Waals surface area contributed by atoms with Gasteiger partial charge in [0.2, 0.25) is 0 Å². The fraction of sp³-hybridized carbons (Fsp3) is 0.0833. The topological polar surface area (TPSA) is 43.6 Å². The number of benzene rings is 1. The minimum atomic E-state index is 0.851. The van der Waals surface area contributed by atoms with Gasteiger partial charge in [-0.3, -0.25) is 0 Å². The minimum Gasteiger partial charge on any atom is -0.311 e. The number of rotatable bonds is 3. The molecule has 0 fully saturated rings. The quantitative estimate of drug-likeness (QED) is 0.736. The van der Waals surface area contributed by atoms with Crippen LogP contribution in [-0.2, 0) is 7.05 Å². The van der Waals surface area contributed by atoms with E-state index in [0.29, 0.717) is 0 Å². The number of hydrogen-bond donors (Lipinski definition) is 0. The van der Waals surface area contributed by atoms with E-state index in [0.717, 1.165) is 20.8 Å². The highest BCUT2D eigenvalue weighted by molar-refractivity contribution is 8.00. The first-order valence-electron chi connectivity index (χ1n) is 5.36. The van der Waals surface area contributed by atoms with E-state index in [4.69, 9.17) is 0 Å². The monoisotopic (exact) mass is 274 g/mol. The summed E-state index contributed by atoms with van der Waals surface area (Å²) in [5, 5.41) is 10.8. The molecule has 1 aromatic carbocycles. The third kappa shape index (κ3) is 2.30. The van der Waals surface area contributed by atoms with Crippen molar-refractivity contribution >= 4 is 23.1 Å². The third-order valence-electron chi connectivity index (χ3n) is 2.40. The summed E-state index contributed by atoms with van der Waals surface area (Å²) in [5.74, 6) is 0. The Bertz CT molecular complexity index is 645. The second kappa shape index (κ2) is 4.91. The molecule has 0 radical (unpaired) electrons. The summed E-state index contributed by atoms with van der Waals surface area (Å²) in [4.78, 5) is 4.60. The van der Waals surface area contributed by atoms with Crippen molar-refractivity contribution in [3.05, 3.63) is 42.0 Å². The molecule has 0 saturated carbocycles. The number of aromatic nitrogens is 4. The Morgan fingerprint density at radius 3 is 2.78 bits per heavy atom. The molecule has 3 aromatic rings. The Morgan fingerprint density at radius 1 is 1.22 bits per heavy atom. The van der Waals surface area contributed by atoms with Crippen molar-refractivity contribution in [2.75, 3.05) is 0 Å². The van der Waals surface area contributed by atoms with Crippen LogP contribution in [0.1, 0.15) is 0 Å². The van der Waals surface area contributed by atoms with E-state index in [1.807, 2.05) is 29.8 Å². The zero-order valence-electron chi connectivity index (χ0n) is 9.65. The maximum Gasteiger partial charge on any atom is 0.197 e. The minimum absolute atomic E-state index is 0.851. The van der Waals surface area contributed by atoms with Crippen LogP contribution in [0.2, 0.25) is 0 Å². The van der Waals surface area contributed by atoms with Crippen LogP contribution >= 0.6 is 23.1 Å². The van der Waals surface area contributed by atoms with Crippen molar-refractivity contribution in [1.82, 2.24) is 19.7 Å². The summed E-state index contributed by atoms with van der Waals surface area (Å²) in [6, 6.07) is 10.2. The molecule has 0 atom stereocenters. The van der Waals surface area contributed by atoms with E-state index in [1.54, 1.807) is 17.7 Å². The van der Waals surface area contributed by atoms with Crippen LogP contribution in [0, 0.1) is 0 Å². The summed E-state index contributed by atoms with van der Waals surface area (Å²) >= 11 is 3.16. The first-order chi connectivity index (χ1) is 8.83. The van der Waals surface area contributed by atoms with Gasteiger partial charge in [-0.05, 0) is 11.8 Å². The number of hydrogen-bond acceptors (Lipinski definition) is 5. The molecule has 18 heavy (non-hydrogen) atoms. The van der Waals surface area contributed by atoms with Crippen LogP contribution in [0.25, 0.3) is 11.3 Å². The van der Waals surface area contributed by atoms with Gasteiger partial charge in [-0.2, -0.15) is 0 Å². The summed E-state index contributed by atoms with van der Waals surface area (Å²) < 4.78 is 2.86. The standard InChI is InChI=1S/C12H10N4S2/c1-16-8-13-15-11(16)18-12-14-10(7-17-12)9-5-3-2-4-6-9/h2-8H,1H3. The molecule has 4 nitrogen and oxygen atoms in total. The maximum absolute atomic E-state index is 4.60. The normalized spacial score (nSPS) is 10.7. The zero-order valence-corrected chi connectivity index (χ0v) is 11.3. The molecule has 6 heteroatoms. The molecule has 2 aromatic heterocycles. The van der Waals surface area contributed by atoms with Crippen molar-refractivity contribution in [3.8, 4) is 11.3 Å². The average molecular weight is 274 g/mol. The second-order valence-corrected chi connectivity index (χ2v) is 5.76. The number of aryl methyl sites for hydroxylation is 1. The Morgan fingerprint density at radius 2 is 2.06 bits per heavy atom. The van der Waals surface area contributed by atoms with Gasteiger partial charge in [0.25, 0.3) is 0 Å². The lowest BCUT2D eigenvalue weighted by atomic mass is 10.2. The van der Waals surface area contributed by atoms with Gasteiger partial charge in [0, 0.05) is 18.0 Å². The van der Waals surface area contributed by atoms with Gasteiger partial charge in [-0.25, -0.2) is 4.98 Å². The van der Waals surface area contributed by atoms with Gasteiger partial charge in [0.1, 0.15) is 6.33 Å². The molecule has 2 heterocycles. The Kier molecular flexibility index (Phi) is 3.12. The molecule has 0 aliphatic heterocycles. The number of nitrogens with zero attached hydrogens (tertiary/aromatic N) is 4. The lowest BCUT2D eigenvalue weighted by Crippen LogP contribution is -1.87. The van der Waals surface area contributed by atoms with Crippen LogP contribution < -0.4 is 0 Å². The maximum atomic E-state index is 4.60. The van der Waals surface area contributed by atoms with Crippen molar-refractivity contribution in [3.63, 3.8) is 0 Å². The first-order valence-corrected chi connectivity index (χ1v) is 7.05. The van der Waals surface area contributed by atoms with Crippen molar-refractivity contribution < 1.29 is 0 Å². The molecular weight excluding hydrogens is 264 g/mol. The summed E-state index contributed by atoms with van der Waals surface area (Å²) in [7, 11) is 1.92. The van der Waals surface area contributed by atoms with Crippen molar-refractivity contribution in [1.29, 1.82) is 0 Å². The van der Waals surface area contributed by atoms with E-state index < -0.39 is 0 Å². The van der Waals surface area contributed by atoms with Gasteiger partial charge < -0.3 is 4.57 Å². The predicted octanol–water partition coefficient (Wildman–Crippen LogP) is 3.09. The fourth-order valence-corrected chi connectivity index (χ4v) is 3.18. The average Bonchev–Trinajstić information content (AvgIpc) is 3.02. The van der Waals surface area contributed by atoms with Crippen LogP contribution in [-0.4, -0.2) is 19.7 Å². The third-order valence-corrected chi connectivity index (χ3v) is 4.39. The van der Waals surface area contributed by atoms with Gasteiger partial charge in [-0.15, -0.1) is 21.5 Å². The van der Waals surface area contributed by atoms with Crippen molar-refractivity contribution in [2.24, 2.45) is 7.05 Å². The SMILES string of the molecule is Cn1cnnc1Sc1nc(-c2ccccc2)cs1. The fourth-order valence-electron chi connectivity index (χ4n) is 1.49. The highest BCUT2D eigenvalue weighted by atomic mass is 32.2. The Balaban J connectivity index is 1.84. The molecule has 90 valence electrons. The lowest BCUT2D eigenvalue weighted by molar-refractivity contribution is 0.788. The van der Waals surface area contributed by atoms with Crippen LogP contribution in [0.15, 0.2) is 51.5 Å². The smallest absolute Gasteiger partial charge is 0.197 e. The molecule has 0 spiro atoms. The van der Waals surface area contributed by atoms with E-state index in [2.05, 4.69) is 32.7 Å². The van der Waals surface area contributed by atoms with Gasteiger partial charge >= 0.3 is 0 Å². The van der Waals surface area contributed by atoms with E-state index >= 15 is 0 Å². The van der Waals surface area contributed by atoms with Gasteiger partial charge in [0.15, 0.2) is 9.50 Å². The van der Waals surface area contributed by atoms with E-state index in [1.165, 1.54) is 11.8 Å².